The van der Waals surface area contributed by atoms with Gasteiger partial charge in [0.2, 0.25) is 0 Å². The van der Waals surface area contributed by atoms with Gasteiger partial charge in [-0.05, 0) is 58.5 Å². The molecule has 0 spiro atoms. The van der Waals surface area contributed by atoms with Crippen LogP contribution in [-0.4, -0.2) is 17.4 Å². The zero-order valence-corrected chi connectivity index (χ0v) is 17.8. The second-order valence-corrected chi connectivity index (χ2v) is 8.28. The summed E-state index contributed by atoms with van der Waals surface area (Å²) < 4.78 is 0. The number of hydrogen-bond donors (Lipinski definition) is 0. The zero-order valence-electron chi connectivity index (χ0n) is 17.0. The summed E-state index contributed by atoms with van der Waals surface area (Å²) in [6.45, 7) is 0.684. The van der Waals surface area contributed by atoms with E-state index in [4.69, 9.17) is 11.6 Å². The van der Waals surface area contributed by atoms with Crippen molar-refractivity contribution < 1.29 is 4.79 Å². The number of rotatable bonds is 3. The highest BCUT2D eigenvalue weighted by Gasteiger charge is 2.32. The topological polar surface area (TPSA) is 20.3 Å². The van der Waals surface area contributed by atoms with Gasteiger partial charge in [-0.3, -0.25) is 4.79 Å². The third kappa shape index (κ3) is 3.87. The molecule has 1 heterocycles. The van der Waals surface area contributed by atoms with Crippen LogP contribution in [0.15, 0.2) is 103 Å². The van der Waals surface area contributed by atoms with Crippen molar-refractivity contribution in [1.29, 1.82) is 0 Å². The number of carbonyl (C=O) groups is 1. The van der Waals surface area contributed by atoms with E-state index in [1.54, 1.807) is 0 Å². The van der Waals surface area contributed by atoms with Gasteiger partial charge < -0.3 is 4.90 Å². The average Bonchev–Trinajstić information content (AvgIpc) is 2.84. The first-order valence-electron chi connectivity index (χ1n) is 10.5. The fourth-order valence-electron chi connectivity index (χ4n) is 4.39. The SMILES string of the molecule is O=C(c1ccc(-c2ccccc2)cc1)N1CCc2ccccc2[C@H]1c1ccc(Cl)cc1. The monoisotopic (exact) mass is 423 g/mol. The Labute approximate surface area is 187 Å². The summed E-state index contributed by atoms with van der Waals surface area (Å²) in [5.41, 5.74) is 6.52. The molecule has 5 rings (SSSR count). The molecule has 4 aromatic carbocycles. The van der Waals surface area contributed by atoms with Crippen molar-refractivity contribution in [2.75, 3.05) is 6.54 Å². The maximum Gasteiger partial charge on any atom is 0.254 e. The molecule has 4 aromatic rings. The predicted octanol–water partition coefficient (Wildman–Crippen LogP) is 6.79. The maximum absolute atomic E-state index is 13.6. The first-order valence-corrected chi connectivity index (χ1v) is 10.9. The third-order valence-corrected chi connectivity index (χ3v) is 6.22. The minimum atomic E-state index is -0.122. The largest absolute Gasteiger partial charge is 0.327 e. The number of amides is 1. The Morgan fingerprint density at radius 2 is 1.39 bits per heavy atom. The molecule has 0 radical (unpaired) electrons. The lowest BCUT2D eigenvalue weighted by molar-refractivity contribution is 0.0694. The van der Waals surface area contributed by atoms with Crippen molar-refractivity contribution in [1.82, 2.24) is 4.90 Å². The fraction of sp³-hybridized carbons (Fsp3) is 0.107. The van der Waals surface area contributed by atoms with Crippen LogP contribution in [0.5, 0.6) is 0 Å². The molecule has 0 bridgehead atoms. The lowest BCUT2D eigenvalue weighted by Crippen LogP contribution is -2.40. The summed E-state index contributed by atoms with van der Waals surface area (Å²) in [4.78, 5) is 15.6. The highest BCUT2D eigenvalue weighted by molar-refractivity contribution is 6.30. The maximum atomic E-state index is 13.6. The Morgan fingerprint density at radius 3 is 2.13 bits per heavy atom. The molecule has 31 heavy (non-hydrogen) atoms. The van der Waals surface area contributed by atoms with Crippen molar-refractivity contribution >= 4 is 17.5 Å². The average molecular weight is 424 g/mol. The lowest BCUT2D eigenvalue weighted by atomic mass is 9.87. The number of hydrogen-bond acceptors (Lipinski definition) is 1. The molecule has 0 fully saturated rings. The summed E-state index contributed by atoms with van der Waals surface area (Å²) in [5, 5.41) is 0.697. The molecule has 0 unspecified atom stereocenters. The van der Waals surface area contributed by atoms with E-state index < -0.39 is 0 Å². The van der Waals surface area contributed by atoms with Crippen LogP contribution in [0, 0.1) is 0 Å². The van der Waals surface area contributed by atoms with Gasteiger partial charge in [-0.1, -0.05) is 90.5 Å². The Kier molecular flexibility index (Phi) is 5.31. The van der Waals surface area contributed by atoms with Crippen LogP contribution in [0.2, 0.25) is 5.02 Å². The molecule has 0 saturated carbocycles. The summed E-state index contributed by atoms with van der Waals surface area (Å²) in [7, 11) is 0. The number of benzene rings is 4. The molecular weight excluding hydrogens is 402 g/mol. The van der Waals surface area contributed by atoms with Crippen LogP contribution < -0.4 is 0 Å². The van der Waals surface area contributed by atoms with E-state index in [1.165, 1.54) is 11.1 Å². The molecule has 1 amide bonds. The van der Waals surface area contributed by atoms with Gasteiger partial charge >= 0.3 is 0 Å². The minimum absolute atomic E-state index is 0.0501. The van der Waals surface area contributed by atoms with Crippen molar-refractivity contribution in [3.63, 3.8) is 0 Å². The van der Waals surface area contributed by atoms with E-state index in [0.717, 1.165) is 23.1 Å². The van der Waals surface area contributed by atoms with Gasteiger partial charge in [0, 0.05) is 17.1 Å². The number of nitrogens with zero attached hydrogens (tertiary/aromatic N) is 1. The summed E-state index contributed by atoms with van der Waals surface area (Å²) in [5.74, 6) is 0.0501. The van der Waals surface area contributed by atoms with E-state index >= 15 is 0 Å². The smallest absolute Gasteiger partial charge is 0.254 e. The van der Waals surface area contributed by atoms with Crippen LogP contribution in [0.3, 0.4) is 0 Å². The van der Waals surface area contributed by atoms with Crippen molar-refractivity contribution in [2.45, 2.75) is 12.5 Å². The van der Waals surface area contributed by atoms with E-state index in [2.05, 4.69) is 30.3 Å². The van der Waals surface area contributed by atoms with Crippen molar-refractivity contribution in [3.8, 4) is 11.1 Å². The first kappa shape index (κ1) is 19.6. The predicted molar refractivity (Wildman–Crippen MR) is 126 cm³/mol. The Balaban J connectivity index is 1.50. The molecule has 0 N–H and O–H groups in total. The standard InChI is InChI=1S/C28H22ClNO/c29-25-16-14-23(15-17-25)27-26-9-5-4-8-22(26)18-19-30(27)28(31)24-12-10-21(11-13-24)20-6-2-1-3-7-20/h1-17,27H,18-19H2/t27-/m1/s1. The second-order valence-electron chi connectivity index (χ2n) is 7.84. The summed E-state index contributed by atoms with van der Waals surface area (Å²) >= 11 is 6.13. The quantitative estimate of drug-likeness (QED) is 0.355. The lowest BCUT2D eigenvalue weighted by Gasteiger charge is -2.38. The molecule has 0 aromatic heterocycles. The van der Waals surface area contributed by atoms with Crippen molar-refractivity contribution in [3.05, 3.63) is 130 Å². The fourth-order valence-corrected chi connectivity index (χ4v) is 4.52. The Bertz CT molecular complexity index is 1200. The summed E-state index contributed by atoms with van der Waals surface area (Å²) in [6.07, 6.45) is 0.855. The van der Waals surface area contributed by atoms with Gasteiger partial charge in [-0.2, -0.15) is 0 Å². The molecule has 1 aliphatic heterocycles. The first-order chi connectivity index (χ1) is 15.2. The van der Waals surface area contributed by atoms with Gasteiger partial charge in [-0.15, -0.1) is 0 Å². The Morgan fingerprint density at radius 1 is 0.742 bits per heavy atom. The van der Waals surface area contributed by atoms with Gasteiger partial charge in [0.15, 0.2) is 0 Å². The highest BCUT2D eigenvalue weighted by atomic mass is 35.5. The molecule has 1 aliphatic rings. The molecule has 2 nitrogen and oxygen atoms in total. The minimum Gasteiger partial charge on any atom is -0.327 e. The third-order valence-electron chi connectivity index (χ3n) is 5.97. The number of halogens is 1. The molecule has 0 saturated heterocycles. The summed E-state index contributed by atoms with van der Waals surface area (Å²) in [6, 6.07) is 34.2. The normalized spacial score (nSPS) is 15.4. The van der Waals surface area contributed by atoms with Crippen LogP contribution in [0.1, 0.15) is 33.1 Å². The van der Waals surface area contributed by atoms with Gasteiger partial charge in [0.25, 0.3) is 5.91 Å². The Hall–Kier alpha value is -3.36. The van der Waals surface area contributed by atoms with Gasteiger partial charge in [-0.25, -0.2) is 0 Å². The molecule has 152 valence electrons. The molecule has 3 heteroatoms. The number of fused-ring (bicyclic) bond motifs is 1. The van der Waals surface area contributed by atoms with Crippen LogP contribution in [-0.2, 0) is 6.42 Å². The van der Waals surface area contributed by atoms with E-state index in [-0.39, 0.29) is 11.9 Å². The van der Waals surface area contributed by atoms with Crippen LogP contribution >= 0.6 is 11.6 Å². The molecule has 1 atom stereocenters. The zero-order chi connectivity index (χ0) is 21.2. The molecular formula is C28H22ClNO. The number of carbonyl (C=O) groups excluding carboxylic acids is 1. The van der Waals surface area contributed by atoms with Crippen molar-refractivity contribution in [2.24, 2.45) is 0 Å². The second kappa shape index (κ2) is 8.41. The molecule has 0 aliphatic carbocycles. The van der Waals surface area contributed by atoms with E-state index in [9.17, 15) is 4.79 Å². The van der Waals surface area contributed by atoms with Crippen LogP contribution in [0.25, 0.3) is 11.1 Å². The van der Waals surface area contributed by atoms with Gasteiger partial charge in [0.05, 0.1) is 6.04 Å². The van der Waals surface area contributed by atoms with E-state index in [1.807, 2.05) is 77.7 Å². The van der Waals surface area contributed by atoms with Gasteiger partial charge in [0.1, 0.15) is 0 Å². The van der Waals surface area contributed by atoms with Crippen LogP contribution in [0.4, 0.5) is 0 Å². The van der Waals surface area contributed by atoms with E-state index in [0.29, 0.717) is 17.1 Å². The highest BCUT2D eigenvalue weighted by Crippen LogP contribution is 2.36.